The molecule has 0 bridgehead atoms. The molecule has 0 amide bonds. The largest absolute Gasteiger partial charge is 0.382 e. The third kappa shape index (κ3) is 12.1. The quantitative estimate of drug-likeness (QED) is 0.309. The van der Waals surface area contributed by atoms with Gasteiger partial charge in [0.25, 0.3) is 0 Å². The summed E-state index contributed by atoms with van der Waals surface area (Å²) in [7, 11) is 0.651. The number of rotatable bonds is 10. The van der Waals surface area contributed by atoms with Crippen molar-refractivity contribution in [1.29, 1.82) is 0 Å². The summed E-state index contributed by atoms with van der Waals surface area (Å²) in [5.74, 6) is 0. The van der Waals surface area contributed by atoms with Crippen molar-refractivity contribution >= 4 is 8.81 Å². The Bertz CT molecular complexity index is 107. The van der Waals surface area contributed by atoms with Crippen molar-refractivity contribution in [2.75, 3.05) is 26.0 Å². The van der Waals surface area contributed by atoms with Gasteiger partial charge >= 0.3 is 0 Å². The molecule has 0 aromatic heterocycles. The third-order valence-corrected chi connectivity index (χ3v) is 2.49. The second kappa shape index (κ2) is 12.1. The lowest BCUT2D eigenvalue weighted by molar-refractivity contribution is 0.133. The first-order chi connectivity index (χ1) is 6.41. The highest BCUT2D eigenvalue weighted by Crippen LogP contribution is 2.14. The Labute approximate surface area is 83.6 Å². The van der Waals surface area contributed by atoms with Crippen LogP contribution in [-0.4, -0.2) is 26.0 Å². The van der Waals surface area contributed by atoms with Gasteiger partial charge in [0.15, 0.2) is 0 Å². The minimum atomic E-state index is 0.651. The van der Waals surface area contributed by atoms with Gasteiger partial charge in [0.1, 0.15) is 0 Å². The van der Waals surface area contributed by atoms with Gasteiger partial charge in [-0.25, -0.2) is 0 Å². The highest BCUT2D eigenvalue weighted by molar-refractivity contribution is 7.32. The van der Waals surface area contributed by atoms with Gasteiger partial charge in [-0.15, -0.1) is 6.58 Å². The summed E-state index contributed by atoms with van der Waals surface area (Å²) in [4.78, 5) is 0. The van der Waals surface area contributed by atoms with E-state index in [0.29, 0.717) is 8.81 Å². The summed E-state index contributed by atoms with van der Waals surface area (Å²) in [6.07, 6.45) is 6.45. The van der Waals surface area contributed by atoms with E-state index in [2.05, 4.69) is 6.58 Å². The zero-order valence-corrected chi connectivity index (χ0v) is 9.55. The maximum atomic E-state index is 5.44. The Balaban J connectivity index is 2.79. The first kappa shape index (κ1) is 13.1. The summed E-state index contributed by atoms with van der Waals surface area (Å²) in [5, 5.41) is 0. The monoisotopic (exact) mass is 204 g/mol. The molecule has 78 valence electrons. The molecule has 0 N–H and O–H groups in total. The Morgan fingerprint density at radius 2 is 2.15 bits per heavy atom. The molecule has 0 fully saturated rings. The van der Waals surface area contributed by atoms with Crippen molar-refractivity contribution in [2.24, 2.45) is 0 Å². The van der Waals surface area contributed by atoms with E-state index >= 15 is 0 Å². The first-order valence-corrected chi connectivity index (χ1v) is 6.06. The van der Waals surface area contributed by atoms with Crippen molar-refractivity contribution in [3.63, 3.8) is 0 Å². The maximum Gasteiger partial charge on any atom is 0.0527 e. The minimum Gasteiger partial charge on any atom is -0.382 e. The molecular formula is C10H21O2P. The van der Waals surface area contributed by atoms with Crippen LogP contribution in [0.2, 0.25) is 0 Å². The first-order valence-electron chi connectivity index (χ1n) is 4.95. The molecule has 0 spiro atoms. The van der Waals surface area contributed by atoms with E-state index in [9.17, 15) is 0 Å². The van der Waals surface area contributed by atoms with Gasteiger partial charge in [0, 0.05) is 22.0 Å². The lowest BCUT2D eigenvalue weighted by atomic mass is 10.3. The van der Waals surface area contributed by atoms with Gasteiger partial charge < -0.3 is 9.26 Å². The zero-order chi connectivity index (χ0) is 9.78. The molecule has 0 rings (SSSR count). The molecule has 0 aromatic carbocycles. The number of hydrogen-bond donors (Lipinski definition) is 0. The molecule has 0 saturated carbocycles. The summed E-state index contributed by atoms with van der Waals surface area (Å²) in [6.45, 7) is 8.16. The predicted molar refractivity (Wildman–Crippen MR) is 59.7 cm³/mol. The molecule has 0 radical (unpaired) electrons. The Hall–Kier alpha value is 0.0900. The normalized spacial score (nSPS) is 11.2. The van der Waals surface area contributed by atoms with E-state index in [1.807, 2.05) is 13.0 Å². The van der Waals surface area contributed by atoms with Crippen molar-refractivity contribution < 1.29 is 9.26 Å². The van der Waals surface area contributed by atoms with Crippen LogP contribution in [0.4, 0.5) is 0 Å². The standard InChI is InChI=1S/C10H21O2P/c1-3-5-6-10-13-12-9-7-8-11-4-2/h3,13H,1,4-10H2,2H3. The summed E-state index contributed by atoms with van der Waals surface area (Å²) >= 11 is 0. The highest BCUT2D eigenvalue weighted by Gasteiger charge is 1.89. The predicted octanol–water partition coefficient (Wildman–Crippen LogP) is 2.99. The van der Waals surface area contributed by atoms with Crippen LogP contribution in [0, 0.1) is 0 Å². The fourth-order valence-corrected chi connectivity index (χ4v) is 1.62. The second-order valence-corrected chi connectivity index (χ2v) is 3.80. The lowest BCUT2D eigenvalue weighted by Gasteiger charge is -2.03. The van der Waals surface area contributed by atoms with Gasteiger partial charge in [-0.2, -0.15) is 0 Å². The molecule has 0 heterocycles. The van der Waals surface area contributed by atoms with Crippen LogP contribution in [0.25, 0.3) is 0 Å². The number of allylic oxidation sites excluding steroid dienone is 1. The smallest absolute Gasteiger partial charge is 0.0527 e. The average molecular weight is 204 g/mol. The van der Waals surface area contributed by atoms with Gasteiger partial charge in [0.2, 0.25) is 0 Å². The maximum absolute atomic E-state index is 5.44. The molecule has 1 unspecified atom stereocenters. The van der Waals surface area contributed by atoms with Gasteiger partial charge in [-0.05, 0) is 32.3 Å². The summed E-state index contributed by atoms with van der Waals surface area (Å²) in [6, 6.07) is 0. The molecule has 3 heteroatoms. The number of hydrogen-bond acceptors (Lipinski definition) is 2. The second-order valence-electron chi connectivity index (χ2n) is 2.72. The van der Waals surface area contributed by atoms with Gasteiger partial charge in [0.05, 0.1) is 6.61 Å². The van der Waals surface area contributed by atoms with Crippen LogP contribution in [0.1, 0.15) is 26.2 Å². The van der Waals surface area contributed by atoms with Gasteiger partial charge in [-0.1, -0.05) is 6.08 Å². The molecule has 0 aliphatic rings. The van der Waals surface area contributed by atoms with Crippen molar-refractivity contribution in [3.05, 3.63) is 12.7 Å². The Kier molecular flexibility index (Phi) is 12.2. The molecule has 2 nitrogen and oxygen atoms in total. The van der Waals surface area contributed by atoms with Crippen molar-refractivity contribution in [3.8, 4) is 0 Å². The van der Waals surface area contributed by atoms with E-state index < -0.39 is 0 Å². The molecule has 0 aliphatic carbocycles. The van der Waals surface area contributed by atoms with Crippen LogP contribution in [0.15, 0.2) is 12.7 Å². The lowest BCUT2D eigenvalue weighted by Crippen LogP contribution is -1.97. The van der Waals surface area contributed by atoms with E-state index in [1.165, 1.54) is 12.6 Å². The molecule has 0 aromatic rings. The van der Waals surface area contributed by atoms with Crippen LogP contribution in [0.3, 0.4) is 0 Å². The van der Waals surface area contributed by atoms with Crippen LogP contribution in [0.5, 0.6) is 0 Å². The molecule has 0 aliphatic heterocycles. The SMILES string of the molecule is C=CCCCPOCCCOCC. The van der Waals surface area contributed by atoms with Crippen molar-refractivity contribution in [1.82, 2.24) is 0 Å². The van der Waals surface area contributed by atoms with Gasteiger partial charge in [-0.3, -0.25) is 0 Å². The Morgan fingerprint density at radius 3 is 2.85 bits per heavy atom. The fraction of sp³-hybridized carbons (Fsp3) is 0.800. The molecule has 0 saturated heterocycles. The highest BCUT2D eigenvalue weighted by atomic mass is 31.1. The number of unbranched alkanes of at least 4 members (excludes halogenated alkanes) is 1. The van der Waals surface area contributed by atoms with E-state index in [4.69, 9.17) is 9.26 Å². The third-order valence-electron chi connectivity index (χ3n) is 1.53. The van der Waals surface area contributed by atoms with Crippen molar-refractivity contribution in [2.45, 2.75) is 26.2 Å². The number of ether oxygens (including phenoxy) is 1. The minimum absolute atomic E-state index is 0.651. The molecule has 1 atom stereocenters. The summed E-state index contributed by atoms with van der Waals surface area (Å²) in [5.41, 5.74) is 0. The van der Waals surface area contributed by atoms with Crippen LogP contribution >= 0.6 is 8.81 Å². The Morgan fingerprint density at radius 1 is 1.31 bits per heavy atom. The van der Waals surface area contributed by atoms with E-state index in [-0.39, 0.29) is 0 Å². The molecular weight excluding hydrogens is 183 g/mol. The van der Waals surface area contributed by atoms with Crippen LogP contribution in [-0.2, 0) is 9.26 Å². The van der Waals surface area contributed by atoms with E-state index in [1.54, 1.807) is 0 Å². The fourth-order valence-electron chi connectivity index (χ4n) is 0.840. The average Bonchev–Trinajstić information content (AvgIpc) is 2.16. The zero-order valence-electron chi connectivity index (χ0n) is 8.55. The summed E-state index contributed by atoms with van der Waals surface area (Å²) < 4.78 is 10.6. The topological polar surface area (TPSA) is 18.5 Å². The van der Waals surface area contributed by atoms with Crippen LogP contribution < -0.4 is 0 Å². The molecule has 13 heavy (non-hydrogen) atoms. The van der Waals surface area contributed by atoms with E-state index in [0.717, 1.165) is 32.7 Å².